The number of nitrogens with one attached hydrogen (secondary N) is 1. The highest BCUT2D eigenvalue weighted by molar-refractivity contribution is 5.65. The first-order valence-corrected chi connectivity index (χ1v) is 8.17. The molecule has 0 unspecified atom stereocenters. The molecule has 0 spiro atoms. The van der Waals surface area contributed by atoms with Crippen LogP contribution in [0.5, 0.6) is 0 Å². The summed E-state index contributed by atoms with van der Waals surface area (Å²) in [4.78, 5) is 12.4. The second kappa shape index (κ2) is 7.03. The SMILES string of the molecule is CC(C)(C)CCc1ccc(NC2CCN(C(=O)O)CC2)cc1. The number of carboxylic acid groups (broad SMARTS) is 1. The lowest BCUT2D eigenvalue weighted by Crippen LogP contribution is -2.41. The molecule has 1 amide bonds. The van der Waals surface area contributed by atoms with E-state index in [0.29, 0.717) is 24.5 Å². The molecule has 1 fully saturated rings. The van der Waals surface area contributed by atoms with Gasteiger partial charge < -0.3 is 15.3 Å². The van der Waals surface area contributed by atoms with E-state index in [4.69, 9.17) is 5.11 Å². The normalized spacial score (nSPS) is 16.6. The van der Waals surface area contributed by atoms with Gasteiger partial charge in [0.1, 0.15) is 0 Å². The second-order valence-electron chi connectivity index (χ2n) is 7.45. The van der Waals surface area contributed by atoms with Gasteiger partial charge in [-0.15, -0.1) is 0 Å². The van der Waals surface area contributed by atoms with E-state index in [1.54, 1.807) is 0 Å². The number of hydrogen-bond acceptors (Lipinski definition) is 2. The molecule has 1 heterocycles. The summed E-state index contributed by atoms with van der Waals surface area (Å²) in [5, 5.41) is 12.5. The molecule has 0 aliphatic carbocycles. The van der Waals surface area contributed by atoms with Gasteiger partial charge in [0.2, 0.25) is 0 Å². The molecular weight excluding hydrogens is 276 g/mol. The fourth-order valence-corrected chi connectivity index (χ4v) is 2.74. The van der Waals surface area contributed by atoms with Gasteiger partial charge in [0.05, 0.1) is 0 Å². The number of amides is 1. The topological polar surface area (TPSA) is 52.6 Å². The predicted molar refractivity (Wildman–Crippen MR) is 90.5 cm³/mol. The van der Waals surface area contributed by atoms with E-state index in [-0.39, 0.29) is 0 Å². The van der Waals surface area contributed by atoms with Crippen molar-refractivity contribution in [3.63, 3.8) is 0 Å². The molecule has 4 nitrogen and oxygen atoms in total. The summed E-state index contributed by atoms with van der Waals surface area (Å²) in [6.45, 7) is 8.05. The minimum Gasteiger partial charge on any atom is -0.465 e. The number of likely N-dealkylation sites (tertiary alicyclic amines) is 1. The van der Waals surface area contributed by atoms with Crippen molar-refractivity contribution in [3.8, 4) is 0 Å². The number of nitrogens with zero attached hydrogens (tertiary/aromatic N) is 1. The third-order valence-electron chi connectivity index (χ3n) is 4.25. The van der Waals surface area contributed by atoms with Gasteiger partial charge in [-0.2, -0.15) is 0 Å². The van der Waals surface area contributed by atoms with Crippen LogP contribution in [0.25, 0.3) is 0 Å². The highest BCUT2D eigenvalue weighted by Crippen LogP contribution is 2.23. The maximum Gasteiger partial charge on any atom is 0.407 e. The largest absolute Gasteiger partial charge is 0.465 e. The van der Waals surface area contributed by atoms with Crippen molar-refractivity contribution >= 4 is 11.8 Å². The maximum absolute atomic E-state index is 10.9. The third kappa shape index (κ3) is 5.24. The van der Waals surface area contributed by atoms with Gasteiger partial charge in [0.25, 0.3) is 0 Å². The summed E-state index contributed by atoms with van der Waals surface area (Å²) in [5.41, 5.74) is 2.88. The average molecular weight is 304 g/mol. The fourth-order valence-electron chi connectivity index (χ4n) is 2.74. The lowest BCUT2D eigenvalue weighted by Gasteiger charge is -2.31. The van der Waals surface area contributed by atoms with E-state index in [2.05, 4.69) is 50.4 Å². The minimum atomic E-state index is -0.804. The lowest BCUT2D eigenvalue weighted by atomic mass is 9.89. The predicted octanol–water partition coefficient (Wildman–Crippen LogP) is 4.22. The molecule has 1 aliphatic heterocycles. The number of anilines is 1. The van der Waals surface area contributed by atoms with E-state index in [0.717, 1.165) is 24.9 Å². The van der Waals surface area contributed by atoms with Crippen LogP contribution >= 0.6 is 0 Å². The summed E-state index contributed by atoms with van der Waals surface area (Å²) in [6, 6.07) is 9.04. The number of benzene rings is 1. The van der Waals surface area contributed by atoms with E-state index in [1.807, 2.05) is 0 Å². The van der Waals surface area contributed by atoms with Gasteiger partial charge >= 0.3 is 6.09 Å². The Morgan fingerprint density at radius 1 is 1.23 bits per heavy atom. The minimum absolute atomic E-state index is 0.370. The van der Waals surface area contributed by atoms with E-state index in [9.17, 15) is 4.79 Å². The Morgan fingerprint density at radius 3 is 2.32 bits per heavy atom. The smallest absolute Gasteiger partial charge is 0.407 e. The van der Waals surface area contributed by atoms with Crippen molar-refractivity contribution in [2.45, 2.75) is 52.5 Å². The van der Waals surface area contributed by atoms with Crippen molar-refractivity contribution in [2.75, 3.05) is 18.4 Å². The van der Waals surface area contributed by atoms with Crippen LogP contribution in [0.2, 0.25) is 0 Å². The van der Waals surface area contributed by atoms with Crippen molar-refractivity contribution in [1.29, 1.82) is 0 Å². The average Bonchev–Trinajstić information content (AvgIpc) is 2.46. The van der Waals surface area contributed by atoms with Gasteiger partial charge in [-0.25, -0.2) is 4.79 Å². The first-order valence-electron chi connectivity index (χ1n) is 8.17. The van der Waals surface area contributed by atoms with Crippen molar-refractivity contribution in [1.82, 2.24) is 4.90 Å². The molecule has 0 saturated carbocycles. The molecule has 0 aromatic heterocycles. The molecule has 2 rings (SSSR count). The Kier molecular flexibility index (Phi) is 5.33. The van der Waals surface area contributed by atoms with Crippen LogP contribution in [-0.2, 0) is 6.42 Å². The number of aryl methyl sites for hydroxylation is 1. The maximum atomic E-state index is 10.9. The zero-order valence-corrected chi connectivity index (χ0v) is 13.9. The first kappa shape index (κ1) is 16.7. The summed E-state index contributed by atoms with van der Waals surface area (Å²) in [7, 11) is 0. The Bertz CT molecular complexity index is 483. The molecule has 1 aromatic carbocycles. The first-order chi connectivity index (χ1) is 10.3. The summed E-state index contributed by atoms with van der Waals surface area (Å²) in [5.74, 6) is 0. The van der Waals surface area contributed by atoms with Crippen LogP contribution in [0.1, 0.15) is 45.6 Å². The Balaban J connectivity index is 1.81. The van der Waals surface area contributed by atoms with Crippen LogP contribution in [0.3, 0.4) is 0 Å². The summed E-state index contributed by atoms with van der Waals surface area (Å²) >= 11 is 0. The molecule has 4 heteroatoms. The van der Waals surface area contributed by atoms with Crippen LogP contribution in [0.15, 0.2) is 24.3 Å². The van der Waals surface area contributed by atoms with E-state index >= 15 is 0 Å². The molecule has 122 valence electrons. The molecule has 0 atom stereocenters. The molecule has 2 N–H and O–H groups in total. The zero-order chi connectivity index (χ0) is 16.2. The Hall–Kier alpha value is -1.71. The second-order valence-corrected chi connectivity index (χ2v) is 7.45. The van der Waals surface area contributed by atoms with Crippen LogP contribution in [-0.4, -0.2) is 35.2 Å². The monoisotopic (exact) mass is 304 g/mol. The Labute approximate surface area is 133 Å². The molecule has 22 heavy (non-hydrogen) atoms. The molecule has 1 saturated heterocycles. The molecule has 1 aliphatic rings. The standard InChI is InChI=1S/C18H28N2O2/c1-18(2,3)11-8-14-4-6-15(7-5-14)19-16-9-12-20(13-10-16)17(21)22/h4-7,16,19H,8-13H2,1-3H3,(H,21,22). The molecular formula is C18H28N2O2. The van der Waals surface area contributed by atoms with Gasteiger partial charge in [0.15, 0.2) is 0 Å². The Morgan fingerprint density at radius 2 is 1.82 bits per heavy atom. The van der Waals surface area contributed by atoms with E-state index in [1.165, 1.54) is 16.9 Å². The molecule has 0 radical (unpaired) electrons. The highest BCUT2D eigenvalue weighted by atomic mass is 16.4. The quantitative estimate of drug-likeness (QED) is 0.875. The van der Waals surface area contributed by atoms with Gasteiger partial charge in [-0.05, 0) is 48.8 Å². The van der Waals surface area contributed by atoms with Gasteiger partial charge in [0, 0.05) is 24.8 Å². The van der Waals surface area contributed by atoms with Crippen LogP contribution in [0, 0.1) is 5.41 Å². The van der Waals surface area contributed by atoms with Gasteiger partial charge in [-0.3, -0.25) is 0 Å². The van der Waals surface area contributed by atoms with Crippen molar-refractivity contribution in [3.05, 3.63) is 29.8 Å². The van der Waals surface area contributed by atoms with Gasteiger partial charge in [-0.1, -0.05) is 32.9 Å². The highest BCUT2D eigenvalue weighted by Gasteiger charge is 2.21. The van der Waals surface area contributed by atoms with Crippen LogP contribution < -0.4 is 5.32 Å². The number of hydrogen-bond donors (Lipinski definition) is 2. The van der Waals surface area contributed by atoms with E-state index < -0.39 is 6.09 Å². The third-order valence-corrected chi connectivity index (χ3v) is 4.25. The summed E-state index contributed by atoms with van der Waals surface area (Å²) < 4.78 is 0. The fraction of sp³-hybridized carbons (Fsp3) is 0.611. The van der Waals surface area contributed by atoms with Crippen LogP contribution in [0.4, 0.5) is 10.5 Å². The number of carbonyl (C=O) groups is 1. The molecule has 1 aromatic rings. The lowest BCUT2D eigenvalue weighted by molar-refractivity contribution is 0.134. The zero-order valence-electron chi connectivity index (χ0n) is 13.9. The number of piperidine rings is 1. The summed E-state index contributed by atoms with van der Waals surface area (Å²) in [6.07, 6.45) is 3.24. The number of rotatable bonds is 4. The van der Waals surface area contributed by atoms with Crippen molar-refractivity contribution < 1.29 is 9.90 Å². The van der Waals surface area contributed by atoms with Crippen molar-refractivity contribution in [2.24, 2.45) is 5.41 Å². The molecule has 0 bridgehead atoms.